The molecule has 1 atom stereocenters. The van der Waals surface area contributed by atoms with E-state index in [2.05, 4.69) is 29.3 Å². The van der Waals surface area contributed by atoms with E-state index in [9.17, 15) is 9.59 Å². The van der Waals surface area contributed by atoms with Gasteiger partial charge in [0.15, 0.2) is 11.5 Å². The number of nitrogens with zero attached hydrogens (tertiary/aromatic N) is 1. The lowest BCUT2D eigenvalue weighted by Gasteiger charge is -2.39. The number of nitrogens with one attached hydrogen (secondary N) is 2. The largest absolute Gasteiger partial charge is 0.448 e. The average Bonchev–Trinajstić information content (AvgIpc) is 3.20. The van der Waals surface area contributed by atoms with Crippen LogP contribution in [0, 0.1) is 12.8 Å². The van der Waals surface area contributed by atoms with E-state index < -0.39 is 5.79 Å². The first-order chi connectivity index (χ1) is 16.5. The molecule has 1 aliphatic heterocycles. The van der Waals surface area contributed by atoms with Crippen molar-refractivity contribution in [3.63, 3.8) is 0 Å². The van der Waals surface area contributed by atoms with E-state index in [1.54, 1.807) is 12.1 Å². The first kappa shape index (κ1) is 26.2. The summed E-state index contributed by atoms with van der Waals surface area (Å²) in [6.07, 6.45) is 5.99. The molecule has 2 N–H and O–H groups in total. The second kappa shape index (κ2) is 10.2. The number of rotatable bonds is 6. The molecule has 190 valence electrons. The number of thioether (sulfide) groups is 1. The molecule has 2 heterocycles. The summed E-state index contributed by atoms with van der Waals surface area (Å²) in [7, 11) is 4.23. The first-order valence-corrected chi connectivity index (χ1v) is 13.6. The molecule has 1 aromatic carbocycles. The number of hydrogen-bond donors (Lipinski definition) is 2. The molecule has 1 aliphatic carbocycles. The van der Waals surface area contributed by atoms with Gasteiger partial charge in [-0.1, -0.05) is 23.2 Å². The molecule has 1 saturated carbocycles. The second-order valence-electron chi connectivity index (χ2n) is 9.55. The molecule has 10 heteroatoms. The maximum atomic E-state index is 13.1. The van der Waals surface area contributed by atoms with E-state index >= 15 is 0 Å². The molecule has 0 saturated heterocycles. The van der Waals surface area contributed by atoms with Crippen molar-refractivity contribution < 1.29 is 14.3 Å². The molecule has 35 heavy (non-hydrogen) atoms. The monoisotopic (exact) mass is 539 g/mol. The van der Waals surface area contributed by atoms with Crippen LogP contribution < -0.4 is 20.3 Å². The van der Waals surface area contributed by atoms with Gasteiger partial charge in [0.1, 0.15) is 5.15 Å². The van der Waals surface area contributed by atoms with Crippen LogP contribution in [-0.2, 0) is 6.54 Å². The number of ether oxygens (including phenoxy) is 2. The molecule has 0 radical (unpaired) electrons. The van der Waals surface area contributed by atoms with Crippen molar-refractivity contribution in [1.29, 1.82) is 0 Å². The number of amides is 1. The van der Waals surface area contributed by atoms with Crippen molar-refractivity contribution >= 4 is 40.9 Å². The Hall–Kier alpha value is -1.87. The van der Waals surface area contributed by atoms with E-state index in [4.69, 9.17) is 32.7 Å². The fraction of sp³-hybridized carbons (Fsp3) is 0.520. The van der Waals surface area contributed by atoms with Gasteiger partial charge in [0.2, 0.25) is 0 Å². The molecule has 7 nitrogen and oxygen atoms in total. The number of benzene rings is 1. The maximum absolute atomic E-state index is 13.1. The summed E-state index contributed by atoms with van der Waals surface area (Å²) in [5.74, 6) is 0.0380. The van der Waals surface area contributed by atoms with E-state index in [0.29, 0.717) is 44.1 Å². The Bertz CT molecular complexity index is 1190. The third kappa shape index (κ3) is 5.17. The Morgan fingerprint density at radius 2 is 1.86 bits per heavy atom. The van der Waals surface area contributed by atoms with Crippen LogP contribution in [0.25, 0.3) is 0 Å². The topological polar surface area (TPSA) is 83.7 Å². The Labute approximate surface area is 219 Å². The zero-order valence-corrected chi connectivity index (χ0v) is 22.9. The molecular formula is C25H31Cl2N3O4S. The maximum Gasteiger partial charge on any atom is 0.255 e. The smallest absolute Gasteiger partial charge is 0.255 e. The standard InChI is InChI=1S/C25H31Cl2N3O4S/c1-13-16(23(31)28-12-17-19(35-5)11-20(27)29-24(17)32)10-18(26)22-21(13)33-25(2,34-22)14-6-8-15(9-7-14)30(3)4/h10-11,14-15H,6-9,12H2,1-5H3,(H,28,31)(H,29,32)/t14-,15-,25-/m1/s1. The zero-order chi connectivity index (χ0) is 25.5. The van der Waals surface area contributed by atoms with Crippen molar-refractivity contribution in [1.82, 2.24) is 15.2 Å². The zero-order valence-electron chi connectivity index (χ0n) is 20.6. The van der Waals surface area contributed by atoms with E-state index in [1.165, 1.54) is 11.8 Å². The van der Waals surface area contributed by atoms with Gasteiger partial charge in [-0.05, 0) is 65.1 Å². The van der Waals surface area contributed by atoms with Gasteiger partial charge >= 0.3 is 0 Å². The van der Waals surface area contributed by atoms with E-state index in [-0.39, 0.29) is 29.1 Å². The quantitative estimate of drug-likeness (QED) is 0.385. The predicted molar refractivity (Wildman–Crippen MR) is 140 cm³/mol. The normalized spacial score (nSPS) is 23.5. The summed E-state index contributed by atoms with van der Waals surface area (Å²) >= 11 is 13.9. The van der Waals surface area contributed by atoms with Crippen LogP contribution in [0.4, 0.5) is 0 Å². The fourth-order valence-electron chi connectivity index (χ4n) is 5.01. The number of H-pyrrole nitrogens is 1. The van der Waals surface area contributed by atoms with Crippen LogP contribution in [-0.4, -0.2) is 48.0 Å². The number of carbonyl (C=O) groups is 1. The van der Waals surface area contributed by atoms with Gasteiger partial charge in [-0.3, -0.25) is 9.59 Å². The van der Waals surface area contributed by atoms with Gasteiger partial charge in [0, 0.05) is 41.5 Å². The Balaban J connectivity index is 1.52. The summed E-state index contributed by atoms with van der Waals surface area (Å²) in [4.78, 5) is 31.0. The number of fused-ring (bicyclic) bond motifs is 1. The van der Waals surface area contributed by atoms with Crippen molar-refractivity contribution in [3.8, 4) is 11.5 Å². The molecule has 1 aromatic heterocycles. The number of halogens is 2. The van der Waals surface area contributed by atoms with Crippen LogP contribution in [0.15, 0.2) is 21.8 Å². The highest BCUT2D eigenvalue weighted by Crippen LogP contribution is 2.51. The number of aromatic amines is 1. The summed E-state index contributed by atoms with van der Waals surface area (Å²) in [5.41, 5.74) is 1.15. The van der Waals surface area contributed by atoms with Gasteiger partial charge in [-0.2, -0.15) is 0 Å². The van der Waals surface area contributed by atoms with Crippen molar-refractivity contribution in [3.05, 3.63) is 49.4 Å². The molecule has 0 spiro atoms. The highest BCUT2D eigenvalue weighted by atomic mass is 35.5. The number of pyridine rings is 1. The van der Waals surface area contributed by atoms with Crippen LogP contribution >= 0.6 is 35.0 Å². The minimum Gasteiger partial charge on any atom is -0.448 e. The molecule has 1 fully saturated rings. The summed E-state index contributed by atoms with van der Waals surface area (Å²) in [6, 6.07) is 3.84. The summed E-state index contributed by atoms with van der Waals surface area (Å²) in [5, 5.41) is 3.42. The molecule has 1 amide bonds. The molecule has 0 unspecified atom stereocenters. The number of carbonyl (C=O) groups excluding carboxylic acids is 1. The SMILES string of the molecule is CSc1cc(Cl)[nH]c(=O)c1CNC(=O)c1cc(Cl)c2c(c1C)O[C@@](C)([C@H]1CC[C@H](N(C)C)CC1)O2. The first-order valence-electron chi connectivity index (χ1n) is 11.7. The molecule has 4 rings (SSSR count). The van der Waals surface area contributed by atoms with Gasteiger partial charge in [-0.25, -0.2) is 0 Å². The second-order valence-corrected chi connectivity index (χ2v) is 11.2. The number of hydrogen-bond acceptors (Lipinski definition) is 6. The third-order valence-electron chi connectivity index (χ3n) is 7.17. The van der Waals surface area contributed by atoms with Crippen LogP contribution in [0.5, 0.6) is 11.5 Å². The highest BCUT2D eigenvalue weighted by molar-refractivity contribution is 7.98. The molecule has 2 aliphatic rings. The lowest BCUT2D eigenvalue weighted by Crippen LogP contribution is -2.46. The minimum atomic E-state index is -0.826. The molecule has 0 bridgehead atoms. The van der Waals surface area contributed by atoms with Gasteiger partial charge in [-0.15, -0.1) is 11.8 Å². The lowest BCUT2D eigenvalue weighted by molar-refractivity contribution is -0.123. The van der Waals surface area contributed by atoms with Crippen LogP contribution in [0.2, 0.25) is 10.2 Å². The van der Waals surface area contributed by atoms with Crippen molar-refractivity contribution in [2.24, 2.45) is 5.92 Å². The van der Waals surface area contributed by atoms with E-state index in [1.807, 2.05) is 20.1 Å². The van der Waals surface area contributed by atoms with Gasteiger partial charge in [0.05, 0.1) is 10.6 Å². The summed E-state index contributed by atoms with van der Waals surface area (Å²) < 4.78 is 12.7. The fourth-order valence-corrected chi connectivity index (χ4v) is 6.15. The van der Waals surface area contributed by atoms with Gasteiger partial charge in [0.25, 0.3) is 17.3 Å². The Kier molecular flexibility index (Phi) is 7.67. The predicted octanol–water partition coefficient (Wildman–Crippen LogP) is 5.25. The van der Waals surface area contributed by atoms with Crippen LogP contribution in [0.1, 0.15) is 54.1 Å². The Morgan fingerprint density at radius 1 is 1.20 bits per heavy atom. The van der Waals surface area contributed by atoms with Crippen molar-refractivity contribution in [2.45, 2.75) is 62.8 Å². The van der Waals surface area contributed by atoms with E-state index in [0.717, 1.165) is 25.7 Å². The minimum absolute atomic E-state index is 0.0554. The Morgan fingerprint density at radius 3 is 2.49 bits per heavy atom. The highest BCUT2D eigenvalue weighted by Gasteiger charge is 2.47. The van der Waals surface area contributed by atoms with Crippen LogP contribution in [0.3, 0.4) is 0 Å². The number of aromatic nitrogens is 1. The third-order valence-corrected chi connectivity index (χ3v) is 8.46. The van der Waals surface area contributed by atoms with Gasteiger partial charge < -0.3 is 24.7 Å². The average molecular weight is 541 g/mol. The molecular weight excluding hydrogens is 509 g/mol. The summed E-state index contributed by atoms with van der Waals surface area (Å²) in [6.45, 7) is 3.84. The van der Waals surface area contributed by atoms with Crippen molar-refractivity contribution in [2.75, 3.05) is 20.4 Å². The lowest BCUT2D eigenvalue weighted by atomic mass is 9.81. The molecule has 2 aromatic rings.